The number of amides is 3. The lowest BCUT2D eigenvalue weighted by Gasteiger charge is -2.19. The van der Waals surface area contributed by atoms with Gasteiger partial charge in [-0.2, -0.15) is 0 Å². The molecular formula is C19H23FN2O4. The Balaban J connectivity index is 1.59. The van der Waals surface area contributed by atoms with Gasteiger partial charge in [-0.1, -0.05) is 12.8 Å². The van der Waals surface area contributed by atoms with Crippen molar-refractivity contribution in [3.05, 3.63) is 24.0 Å². The molecule has 0 radical (unpaired) electrons. The highest BCUT2D eigenvalue weighted by molar-refractivity contribution is 6.05. The summed E-state index contributed by atoms with van der Waals surface area (Å²) >= 11 is 0. The summed E-state index contributed by atoms with van der Waals surface area (Å²) in [5.74, 6) is -1.27. The smallest absolute Gasteiger partial charge is 0.233 e. The molecule has 1 aliphatic heterocycles. The fourth-order valence-electron chi connectivity index (χ4n) is 3.75. The first-order valence-corrected chi connectivity index (χ1v) is 9.08. The van der Waals surface area contributed by atoms with E-state index in [-0.39, 0.29) is 48.3 Å². The van der Waals surface area contributed by atoms with Gasteiger partial charge in [-0.25, -0.2) is 4.39 Å². The van der Waals surface area contributed by atoms with Crippen LogP contribution >= 0.6 is 0 Å². The molecule has 6 nitrogen and oxygen atoms in total. The summed E-state index contributed by atoms with van der Waals surface area (Å²) in [6, 6.07) is 3.87. The van der Waals surface area contributed by atoms with Crippen LogP contribution in [0.4, 0.5) is 10.1 Å². The number of rotatable bonds is 6. The SMILES string of the molecule is CCOc1cc(F)ccc1NC(=O)CCN1C(=O)C2CCCCC2C1=O. The van der Waals surface area contributed by atoms with Crippen LogP contribution in [0.25, 0.3) is 0 Å². The van der Waals surface area contributed by atoms with Gasteiger partial charge in [-0.3, -0.25) is 19.3 Å². The number of carbonyl (C=O) groups excluding carboxylic acids is 3. The van der Waals surface area contributed by atoms with Gasteiger partial charge in [0.2, 0.25) is 17.7 Å². The van der Waals surface area contributed by atoms with E-state index in [9.17, 15) is 18.8 Å². The maximum atomic E-state index is 13.3. The van der Waals surface area contributed by atoms with Crippen molar-refractivity contribution in [1.29, 1.82) is 0 Å². The molecule has 26 heavy (non-hydrogen) atoms. The summed E-state index contributed by atoms with van der Waals surface area (Å²) in [5, 5.41) is 2.66. The Hall–Kier alpha value is -2.44. The van der Waals surface area contributed by atoms with Crippen molar-refractivity contribution in [3.8, 4) is 5.75 Å². The minimum atomic E-state index is -0.456. The van der Waals surface area contributed by atoms with Gasteiger partial charge >= 0.3 is 0 Å². The third-order valence-electron chi connectivity index (χ3n) is 5.01. The summed E-state index contributed by atoms with van der Waals surface area (Å²) in [7, 11) is 0. The Morgan fingerprint density at radius 3 is 2.50 bits per heavy atom. The van der Waals surface area contributed by atoms with E-state index < -0.39 is 5.82 Å². The molecule has 3 amide bonds. The second-order valence-electron chi connectivity index (χ2n) is 6.70. The van der Waals surface area contributed by atoms with Gasteiger partial charge in [0.25, 0.3) is 0 Å². The Kier molecular flexibility index (Phi) is 5.54. The molecule has 1 aromatic carbocycles. The Morgan fingerprint density at radius 1 is 1.23 bits per heavy atom. The second-order valence-corrected chi connectivity index (χ2v) is 6.70. The molecule has 0 bridgehead atoms. The zero-order valence-electron chi connectivity index (χ0n) is 14.8. The molecule has 2 unspecified atom stereocenters. The predicted molar refractivity (Wildman–Crippen MR) is 93.0 cm³/mol. The topological polar surface area (TPSA) is 75.7 Å². The molecule has 140 valence electrons. The molecule has 0 aromatic heterocycles. The molecule has 1 heterocycles. The fraction of sp³-hybridized carbons (Fsp3) is 0.526. The van der Waals surface area contributed by atoms with Crippen LogP contribution in [0.15, 0.2) is 18.2 Å². The minimum Gasteiger partial charge on any atom is -0.492 e. The average molecular weight is 362 g/mol. The molecule has 0 spiro atoms. The normalized spacial score (nSPS) is 22.3. The highest BCUT2D eigenvalue weighted by atomic mass is 19.1. The molecule has 3 rings (SSSR count). The zero-order valence-corrected chi connectivity index (χ0v) is 14.8. The molecule has 2 fully saturated rings. The van der Waals surface area contributed by atoms with Gasteiger partial charge in [0.05, 0.1) is 24.1 Å². The van der Waals surface area contributed by atoms with Crippen LogP contribution in [0.2, 0.25) is 0 Å². The second kappa shape index (κ2) is 7.85. The number of imide groups is 1. The Morgan fingerprint density at radius 2 is 1.88 bits per heavy atom. The third-order valence-corrected chi connectivity index (χ3v) is 5.01. The van der Waals surface area contributed by atoms with E-state index >= 15 is 0 Å². The van der Waals surface area contributed by atoms with E-state index in [0.29, 0.717) is 12.3 Å². The van der Waals surface area contributed by atoms with Crippen molar-refractivity contribution in [2.24, 2.45) is 11.8 Å². The van der Waals surface area contributed by atoms with Crippen LogP contribution in [0, 0.1) is 17.7 Å². The van der Waals surface area contributed by atoms with Crippen LogP contribution in [-0.2, 0) is 14.4 Å². The first-order chi connectivity index (χ1) is 12.5. The number of carbonyl (C=O) groups is 3. The first kappa shape index (κ1) is 18.4. The molecule has 1 N–H and O–H groups in total. The lowest BCUT2D eigenvalue weighted by atomic mass is 9.81. The molecular weight excluding hydrogens is 339 g/mol. The highest BCUT2D eigenvalue weighted by Gasteiger charge is 2.47. The van der Waals surface area contributed by atoms with Crippen LogP contribution in [0.5, 0.6) is 5.75 Å². The Labute approximate surface area is 151 Å². The maximum absolute atomic E-state index is 13.3. The summed E-state index contributed by atoms with van der Waals surface area (Å²) in [4.78, 5) is 38.3. The van der Waals surface area contributed by atoms with Crippen molar-refractivity contribution < 1.29 is 23.5 Å². The van der Waals surface area contributed by atoms with E-state index in [0.717, 1.165) is 25.7 Å². The standard InChI is InChI=1S/C19H23FN2O4/c1-2-26-16-11-12(20)7-8-15(16)21-17(23)9-10-22-18(24)13-5-3-4-6-14(13)19(22)25/h7-8,11,13-14H,2-6,9-10H2,1H3,(H,21,23). The van der Waals surface area contributed by atoms with Crippen molar-refractivity contribution in [3.63, 3.8) is 0 Å². The number of anilines is 1. The van der Waals surface area contributed by atoms with Crippen molar-refractivity contribution in [2.75, 3.05) is 18.5 Å². The maximum Gasteiger partial charge on any atom is 0.233 e. The molecule has 1 aromatic rings. The third kappa shape index (κ3) is 3.71. The van der Waals surface area contributed by atoms with E-state index in [1.807, 2.05) is 0 Å². The number of nitrogens with zero attached hydrogens (tertiary/aromatic N) is 1. The van der Waals surface area contributed by atoms with Crippen LogP contribution in [0.3, 0.4) is 0 Å². The van der Waals surface area contributed by atoms with Gasteiger partial charge < -0.3 is 10.1 Å². The molecule has 2 aliphatic rings. The van der Waals surface area contributed by atoms with Crippen LogP contribution in [0.1, 0.15) is 39.0 Å². The number of likely N-dealkylation sites (tertiary alicyclic amines) is 1. The zero-order chi connectivity index (χ0) is 18.7. The summed E-state index contributed by atoms with van der Waals surface area (Å²) < 4.78 is 18.6. The van der Waals surface area contributed by atoms with Gasteiger partial charge in [0.1, 0.15) is 11.6 Å². The van der Waals surface area contributed by atoms with Gasteiger partial charge in [0.15, 0.2) is 0 Å². The molecule has 2 atom stereocenters. The first-order valence-electron chi connectivity index (χ1n) is 9.08. The summed E-state index contributed by atoms with van der Waals surface area (Å²) in [5.41, 5.74) is 0.367. The van der Waals surface area contributed by atoms with Gasteiger partial charge in [0, 0.05) is 19.0 Å². The molecule has 1 saturated carbocycles. The number of nitrogens with one attached hydrogen (secondary N) is 1. The minimum absolute atomic E-state index is 0.000137. The van der Waals surface area contributed by atoms with Crippen LogP contribution < -0.4 is 10.1 Å². The summed E-state index contributed by atoms with van der Waals surface area (Å²) in [6.45, 7) is 2.17. The molecule has 1 saturated heterocycles. The van der Waals surface area contributed by atoms with E-state index in [1.54, 1.807) is 6.92 Å². The van der Waals surface area contributed by atoms with E-state index in [4.69, 9.17) is 4.74 Å². The average Bonchev–Trinajstić information content (AvgIpc) is 2.87. The van der Waals surface area contributed by atoms with Crippen molar-refractivity contribution in [1.82, 2.24) is 4.90 Å². The fourth-order valence-corrected chi connectivity index (χ4v) is 3.75. The number of hydrogen-bond acceptors (Lipinski definition) is 4. The Bertz CT molecular complexity index is 697. The highest BCUT2D eigenvalue weighted by Crippen LogP contribution is 2.38. The van der Waals surface area contributed by atoms with Crippen molar-refractivity contribution in [2.45, 2.75) is 39.0 Å². The van der Waals surface area contributed by atoms with E-state index in [2.05, 4.69) is 5.32 Å². The van der Waals surface area contributed by atoms with Gasteiger partial charge in [-0.05, 0) is 31.9 Å². The predicted octanol–water partition coefficient (Wildman–Crippen LogP) is 2.73. The van der Waals surface area contributed by atoms with Crippen molar-refractivity contribution >= 4 is 23.4 Å². The van der Waals surface area contributed by atoms with Gasteiger partial charge in [-0.15, -0.1) is 0 Å². The number of fused-ring (bicyclic) bond motifs is 1. The number of halogens is 1. The number of ether oxygens (including phenoxy) is 1. The molecule has 7 heteroatoms. The quantitative estimate of drug-likeness (QED) is 0.790. The van der Waals surface area contributed by atoms with E-state index in [1.165, 1.54) is 23.1 Å². The number of benzene rings is 1. The number of hydrogen-bond donors (Lipinski definition) is 1. The lowest BCUT2D eigenvalue weighted by Crippen LogP contribution is -2.34. The summed E-state index contributed by atoms with van der Waals surface area (Å²) in [6.07, 6.45) is 3.45. The molecule has 1 aliphatic carbocycles. The largest absolute Gasteiger partial charge is 0.492 e. The lowest BCUT2D eigenvalue weighted by molar-refractivity contribution is -0.140. The monoisotopic (exact) mass is 362 g/mol. The van der Waals surface area contributed by atoms with Crippen LogP contribution in [-0.4, -0.2) is 35.8 Å².